The van der Waals surface area contributed by atoms with Crippen LogP contribution in [0.25, 0.3) is 0 Å². The highest BCUT2D eigenvalue weighted by Crippen LogP contribution is 2.19. The van der Waals surface area contributed by atoms with Crippen LogP contribution in [-0.4, -0.2) is 19.7 Å². The van der Waals surface area contributed by atoms with E-state index in [1.54, 1.807) is 6.07 Å². The van der Waals surface area contributed by atoms with Gasteiger partial charge >= 0.3 is 5.97 Å². The number of ether oxygens (including phenoxy) is 2. The zero-order chi connectivity index (χ0) is 15.5. The van der Waals surface area contributed by atoms with Gasteiger partial charge in [-0.3, -0.25) is 0 Å². The van der Waals surface area contributed by atoms with Gasteiger partial charge in [-0.25, -0.2) is 4.79 Å². The molecular formula is C17H27NO3. The first-order valence-corrected chi connectivity index (χ1v) is 7.74. The Morgan fingerprint density at radius 2 is 1.86 bits per heavy atom. The minimum Gasteiger partial charge on any atom is -0.465 e. The summed E-state index contributed by atoms with van der Waals surface area (Å²) < 4.78 is 10.4. The van der Waals surface area contributed by atoms with E-state index in [0.717, 1.165) is 12.0 Å². The molecule has 1 aromatic rings. The normalized spacial score (nSPS) is 10.6. The third-order valence-electron chi connectivity index (χ3n) is 3.47. The van der Waals surface area contributed by atoms with Gasteiger partial charge in [-0.1, -0.05) is 51.2 Å². The summed E-state index contributed by atoms with van der Waals surface area (Å²) in [7, 11) is 1.36. The fourth-order valence-electron chi connectivity index (χ4n) is 2.26. The van der Waals surface area contributed by atoms with Crippen molar-refractivity contribution in [3.63, 3.8) is 0 Å². The molecule has 0 unspecified atom stereocenters. The number of hydrogen-bond donors (Lipinski definition) is 1. The predicted molar refractivity (Wildman–Crippen MR) is 85.2 cm³/mol. The van der Waals surface area contributed by atoms with Crippen LogP contribution in [0.15, 0.2) is 18.2 Å². The molecule has 0 aliphatic rings. The summed E-state index contributed by atoms with van der Waals surface area (Å²) in [5, 5.41) is 0. The summed E-state index contributed by atoms with van der Waals surface area (Å²) in [5.74, 6) is -0.411. The molecule has 0 bridgehead atoms. The van der Waals surface area contributed by atoms with Crippen LogP contribution in [0.5, 0.6) is 0 Å². The van der Waals surface area contributed by atoms with E-state index in [0.29, 0.717) is 24.5 Å². The third kappa shape index (κ3) is 6.17. The average Bonchev–Trinajstić information content (AvgIpc) is 2.49. The molecule has 0 aromatic heterocycles. The molecule has 0 spiro atoms. The van der Waals surface area contributed by atoms with Crippen molar-refractivity contribution in [3.05, 3.63) is 29.3 Å². The molecule has 0 radical (unpaired) electrons. The lowest BCUT2D eigenvalue weighted by Gasteiger charge is -2.11. The van der Waals surface area contributed by atoms with Gasteiger partial charge in [-0.2, -0.15) is 0 Å². The van der Waals surface area contributed by atoms with Crippen molar-refractivity contribution < 1.29 is 14.3 Å². The van der Waals surface area contributed by atoms with E-state index in [1.807, 2.05) is 12.1 Å². The number of unbranched alkanes of at least 4 members (excludes halogenated alkanes) is 5. The summed E-state index contributed by atoms with van der Waals surface area (Å²) in [6.07, 6.45) is 7.40. The second-order valence-electron chi connectivity index (χ2n) is 5.19. The highest BCUT2D eigenvalue weighted by Gasteiger charge is 2.15. The molecule has 0 aliphatic carbocycles. The van der Waals surface area contributed by atoms with Crippen LogP contribution < -0.4 is 5.73 Å². The summed E-state index contributed by atoms with van der Waals surface area (Å²) in [5.41, 5.74) is 7.48. The summed E-state index contributed by atoms with van der Waals surface area (Å²) >= 11 is 0. The SMILES string of the molecule is CCCCCCCCOCc1cccc(N)c1C(=O)OC. The predicted octanol–water partition coefficient (Wildman–Crippen LogP) is 3.93. The summed E-state index contributed by atoms with van der Waals surface area (Å²) in [4.78, 5) is 11.7. The number of esters is 1. The molecular weight excluding hydrogens is 266 g/mol. The van der Waals surface area contributed by atoms with Crippen LogP contribution in [-0.2, 0) is 16.1 Å². The first kappa shape index (κ1) is 17.5. The highest BCUT2D eigenvalue weighted by atomic mass is 16.5. The first-order valence-electron chi connectivity index (χ1n) is 7.74. The largest absolute Gasteiger partial charge is 0.465 e. The Bertz CT molecular complexity index is 432. The summed E-state index contributed by atoms with van der Waals surface area (Å²) in [6.45, 7) is 3.32. The zero-order valence-corrected chi connectivity index (χ0v) is 13.2. The van der Waals surface area contributed by atoms with Gasteiger partial charge in [0.15, 0.2) is 0 Å². The van der Waals surface area contributed by atoms with Gasteiger partial charge < -0.3 is 15.2 Å². The van der Waals surface area contributed by atoms with Gasteiger partial charge in [0.25, 0.3) is 0 Å². The molecule has 0 aliphatic heterocycles. The van der Waals surface area contributed by atoms with Crippen molar-refractivity contribution >= 4 is 11.7 Å². The fraction of sp³-hybridized carbons (Fsp3) is 0.588. The van der Waals surface area contributed by atoms with Gasteiger partial charge in [0, 0.05) is 12.3 Å². The van der Waals surface area contributed by atoms with Gasteiger partial charge in [0.2, 0.25) is 0 Å². The van der Waals surface area contributed by atoms with Gasteiger partial charge in [-0.05, 0) is 18.1 Å². The van der Waals surface area contributed by atoms with E-state index < -0.39 is 5.97 Å². The Hall–Kier alpha value is -1.55. The van der Waals surface area contributed by atoms with E-state index >= 15 is 0 Å². The van der Waals surface area contributed by atoms with E-state index in [1.165, 1.54) is 39.2 Å². The third-order valence-corrected chi connectivity index (χ3v) is 3.47. The number of rotatable bonds is 10. The molecule has 0 atom stereocenters. The number of nitrogens with two attached hydrogens (primary N) is 1. The quantitative estimate of drug-likeness (QED) is 0.403. The highest BCUT2D eigenvalue weighted by molar-refractivity contribution is 5.96. The molecule has 21 heavy (non-hydrogen) atoms. The molecule has 1 aromatic carbocycles. The number of hydrogen-bond acceptors (Lipinski definition) is 4. The van der Waals surface area contributed by atoms with Gasteiger partial charge in [0.05, 0.1) is 19.3 Å². The number of carbonyl (C=O) groups excluding carboxylic acids is 1. The molecule has 4 heteroatoms. The van der Waals surface area contributed by atoms with Crippen LogP contribution in [0.1, 0.15) is 61.4 Å². The molecule has 0 saturated heterocycles. The molecule has 118 valence electrons. The van der Waals surface area contributed by atoms with E-state index in [2.05, 4.69) is 6.92 Å². The Kier molecular flexibility index (Phi) is 8.51. The maximum absolute atomic E-state index is 11.7. The smallest absolute Gasteiger partial charge is 0.340 e. The minimum atomic E-state index is -0.411. The molecule has 1 rings (SSSR count). The lowest BCUT2D eigenvalue weighted by molar-refractivity contribution is 0.0593. The van der Waals surface area contributed by atoms with Crippen LogP contribution in [0.3, 0.4) is 0 Å². The number of anilines is 1. The molecule has 0 amide bonds. The number of benzene rings is 1. The number of methoxy groups -OCH3 is 1. The monoisotopic (exact) mass is 293 g/mol. The minimum absolute atomic E-state index is 0.393. The van der Waals surface area contributed by atoms with Crippen molar-refractivity contribution in [3.8, 4) is 0 Å². The fourth-order valence-corrected chi connectivity index (χ4v) is 2.26. The van der Waals surface area contributed by atoms with Crippen LogP contribution in [0, 0.1) is 0 Å². The molecule has 0 fully saturated rings. The van der Waals surface area contributed by atoms with Crippen molar-refractivity contribution in [1.82, 2.24) is 0 Å². The van der Waals surface area contributed by atoms with Gasteiger partial charge in [0.1, 0.15) is 0 Å². The van der Waals surface area contributed by atoms with Crippen molar-refractivity contribution in [2.24, 2.45) is 0 Å². The Balaban J connectivity index is 2.35. The van der Waals surface area contributed by atoms with Crippen LogP contribution >= 0.6 is 0 Å². The summed E-state index contributed by atoms with van der Waals surface area (Å²) in [6, 6.07) is 5.37. The maximum Gasteiger partial charge on any atom is 0.340 e. The number of nitrogen functional groups attached to an aromatic ring is 1. The van der Waals surface area contributed by atoms with Crippen molar-refractivity contribution in [2.45, 2.75) is 52.1 Å². The Morgan fingerprint density at radius 3 is 2.57 bits per heavy atom. The topological polar surface area (TPSA) is 61.5 Å². The maximum atomic E-state index is 11.7. The first-order chi connectivity index (χ1) is 10.2. The Labute approximate surface area is 127 Å². The van der Waals surface area contributed by atoms with E-state index in [-0.39, 0.29) is 0 Å². The lowest BCUT2D eigenvalue weighted by Crippen LogP contribution is -2.10. The standard InChI is InChI=1S/C17H27NO3/c1-3-4-5-6-7-8-12-21-13-14-10-9-11-15(18)16(14)17(19)20-2/h9-11H,3-8,12-13,18H2,1-2H3. The molecule has 4 nitrogen and oxygen atoms in total. The van der Waals surface area contributed by atoms with Crippen molar-refractivity contribution in [2.75, 3.05) is 19.5 Å². The second-order valence-corrected chi connectivity index (χ2v) is 5.19. The average molecular weight is 293 g/mol. The van der Waals surface area contributed by atoms with Crippen LogP contribution in [0.4, 0.5) is 5.69 Å². The molecule has 0 saturated carbocycles. The Morgan fingerprint density at radius 1 is 1.14 bits per heavy atom. The van der Waals surface area contributed by atoms with Crippen LogP contribution in [0.2, 0.25) is 0 Å². The van der Waals surface area contributed by atoms with E-state index in [4.69, 9.17) is 15.2 Å². The molecule has 2 N–H and O–H groups in total. The lowest BCUT2D eigenvalue weighted by atomic mass is 10.1. The number of carbonyl (C=O) groups is 1. The second kappa shape index (κ2) is 10.2. The zero-order valence-electron chi connectivity index (χ0n) is 13.2. The van der Waals surface area contributed by atoms with Crippen molar-refractivity contribution in [1.29, 1.82) is 0 Å². The molecule has 0 heterocycles. The van der Waals surface area contributed by atoms with E-state index in [9.17, 15) is 4.79 Å². The van der Waals surface area contributed by atoms with Gasteiger partial charge in [-0.15, -0.1) is 0 Å².